The zero-order valence-corrected chi connectivity index (χ0v) is 10.3. The van der Waals surface area contributed by atoms with Gasteiger partial charge in [0.05, 0.1) is 14.2 Å². The number of ether oxygens (including phenoxy) is 2. The number of amides is 1. The Morgan fingerprint density at radius 1 is 1.41 bits per heavy atom. The molecule has 94 valence electrons. The van der Waals surface area contributed by atoms with Gasteiger partial charge < -0.3 is 20.5 Å². The number of hydrogen-bond acceptors (Lipinski definition) is 4. The van der Waals surface area contributed by atoms with Gasteiger partial charge in [0.1, 0.15) is 11.5 Å². The molecule has 1 rings (SSSR count). The summed E-state index contributed by atoms with van der Waals surface area (Å²) in [7, 11) is 4.95. The molecule has 1 aromatic rings. The maximum atomic E-state index is 11.0. The van der Waals surface area contributed by atoms with Crippen LogP contribution in [0.25, 0.3) is 0 Å². The minimum atomic E-state index is -0.366. The molecule has 1 aromatic carbocycles. The fourth-order valence-corrected chi connectivity index (χ4v) is 1.68. The van der Waals surface area contributed by atoms with Gasteiger partial charge in [-0.2, -0.15) is 0 Å². The summed E-state index contributed by atoms with van der Waals surface area (Å²) < 4.78 is 10.4. The van der Waals surface area contributed by atoms with Gasteiger partial charge >= 0.3 is 0 Å². The van der Waals surface area contributed by atoms with Gasteiger partial charge in [-0.3, -0.25) is 4.79 Å². The number of carbonyl (C=O) groups is 1. The molecule has 0 bridgehead atoms. The predicted molar refractivity (Wildman–Crippen MR) is 65.2 cm³/mol. The molecule has 5 nitrogen and oxygen atoms in total. The van der Waals surface area contributed by atoms with Crippen LogP contribution >= 0.6 is 0 Å². The third-order valence-corrected chi connectivity index (χ3v) is 2.57. The van der Waals surface area contributed by atoms with E-state index in [1.54, 1.807) is 33.4 Å². The van der Waals surface area contributed by atoms with Crippen molar-refractivity contribution in [2.75, 3.05) is 21.3 Å². The van der Waals surface area contributed by atoms with E-state index in [0.717, 1.165) is 5.56 Å². The topological polar surface area (TPSA) is 73.6 Å². The zero-order valence-electron chi connectivity index (χ0n) is 10.3. The summed E-state index contributed by atoms with van der Waals surface area (Å²) in [6.07, 6.45) is 0.208. The van der Waals surface area contributed by atoms with E-state index < -0.39 is 0 Å². The van der Waals surface area contributed by atoms with Crippen molar-refractivity contribution in [1.29, 1.82) is 0 Å². The van der Waals surface area contributed by atoms with Crippen molar-refractivity contribution in [3.63, 3.8) is 0 Å². The van der Waals surface area contributed by atoms with E-state index in [4.69, 9.17) is 15.2 Å². The van der Waals surface area contributed by atoms with Crippen LogP contribution in [0, 0.1) is 0 Å². The summed E-state index contributed by atoms with van der Waals surface area (Å²) in [5.41, 5.74) is 6.07. The lowest BCUT2D eigenvalue weighted by atomic mass is 10.0. The third kappa shape index (κ3) is 3.35. The zero-order chi connectivity index (χ0) is 12.8. The fraction of sp³-hybridized carbons (Fsp3) is 0.417. The molecule has 0 saturated heterocycles. The lowest BCUT2D eigenvalue weighted by Gasteiger charge is -2.18. The molecule has 0 fully saturated rings. The highest BCUT2D eigenvalue weighted by atomic mass is 16.5. The van der Waals surface area contributed by atoms with Crippen LogP contribution in [-0.4, -0.2) is 27.2 Å². The first-order chi connectivity index (χ1) is 8.12. The Kier molecular flexibility index (Phi) is 4.78. The molecular weight excluding hydrogens is 220 g/mol. The van der Waals surface area contributed by atoms with Crippen LogP contribution in [-0.2, 0) is 4.79 Å². The molecule has 17 heavy (non-hydrogen) atoms. The van der Waals surface area contributed by atoms with Crippen molar-refractivity contribution in [1.82, 2.24) is 5.32 Å². The molecule has 5 heteroatoms. The number of hydrogen-bond donors (Lipinski definition) is 2. The van der Waals surface area contributed by atoms with Gasteiger partial charge in [-0.05, 0) is 25.2 Å². The smallest absolute Gasteiger partial charge is 0.219 e. The summed E-state index contributed by atoms with van der Waals surface area (Å²) in [6, 6.07) is 5.26. The Morgan fingerprint density at radius 3 is 2.59 bits per heavy atom. The molecule has 1 amide bonds. The van der Waals surface area contributed by atoms with Crippen LogP contribution in [0.15, 0.2) is 18.2 Å². The van der Waals surface area contributed by atoms with E-state index in [9.17, 15) is 4.79 Å². The summed E-state index contributed by atoms with van der Waals surface area (Å²) in [5, 5.41) is 3.04. The van der Waals surface area contributed by atoms with Crippen LogP contribution in [0.3, 0.4) is 0 Å². The van der Waals surface area contributed by atoms with Gasteiger partial charge in [-0.25, -0.2) is 0 Å². The minimum Gasteiger partial charge on any atom is -0.497 e. The predicted octanol–water partition coefficient (Wildman–Crippen LogP) is 0.840. The molecule has 0 aliphatic carbocycles. The maximum Gasteiger partial charge on any atom is 0.219 e. The highest BCUT2D eigenvalue weighted by Crippen LogP contribution is 2.30. The number of carbonyl (C=O) groups excluding carboxylic acids is 1. The first-order valence-corrected chi connectivity index (χ1v) is 5.29. The Balaban J connectivity index is 3.09. The number of methoxy groups -OCH3 is 2. The summed E-state index contributed by atoms with van der Waals surface area (Å²) >= 11 is 0. The van der Waals surface area contributed by atoms with E-state index >= 15 is 0 Å². The molecule has 1 atom stereocenters. The lowest BCUT2D eigenvalue weighted by molar-refractivity contribution is -0.118. The lowest BCUT2D eigenvalue weighted by Crippen LogP contribution is -2.24. The van der Waals surface area contributed by atoms with Crippen LogP contribution in [0.4, 0.5) is 0 Å². The molecule has 0 aliphatic heterocycles. The molecule has 0 spiro atoms. The average Bonchev–Trinajstić information content (AvgIpc) is 2.34. The molecule has 0 heterocycles. The van der Waals surface area contributed by atoms with Gasteiger partial charge in [-0.15, -0.1) is 0 Å². The van der Waals surface area contributed by atoms with Gasteiger partial charge in [0.2, 0.25) is 5.91 Å². The maximum absolute atomic E-state index is 11.0. The van der Waals surface area contributed by atoms with Crippen molar-refractivity contribution in [2.45, 2.75) is 12.5 Å². The fourth-order valence-electron chi connectivity index (χ4n) is 1.68. The van der Waals surface area contributed by atoms with E-state index in [2.05, 4.69) is 5.32 Å². The van der Waals surface area contributed by atoms with Crippen molar-refractivity contribution in [2.24, 2.45) is 5.73 Å². The molecule has 3 N–H and O–H groups in total. The standard InChI is InChI=1S/C12H18N2O3/c1-14-10(7-12(13)15)9-6-8(16-2)4-5-11(9)17-3/h4-6,10,14H,7H2,1-3H3,(H2,13,15). The van der Waals surface area contributed by atoms with Crippen molar-refractivity contribution >= 4 is 5.91 Å². The monoisotopic (exact) mass is 238 g/mol. The Morgan fingerprint density at radius 2 is 2.12 bits per heavy atom. The minimum absolute atomic E-state index is 0.183. The Hall–Kier alpha value is -1.75. The highest BCUT2D eigenvalue weighted by Gasteiger charge is 2.17. The number of nitrogens with two attached hydrogens (primary N) is 1. The largest absolute Gasteiger partial charge is 0.497 e. The van der Waals surface area contributed by atoms with Gasteiger partial charge in [0.25, 0.3) is 0 Å². The van der Waals surface area contributed by atoms with Crippen LogP contribution < -0.4 is 20.5 Å². The van der Waals surface area contributed by atoms with Crippen molar-refractivity contribution in [3.05, 3.63) is 23.8 Å². The molecule has 0 aromatic heterocycles. The van der Waals surface area contributed by atoms with E-state index in [1.807, 2.05) is 6.07 Å². The highest BCUT2D eigenvalue weighted by molar-refractivity contribution is 5.75. The number of primary amides is 1. The van der Waals surface area contributed by atoms with Crippen molar-refractivity contribution in [3.8, 4) is 11.5 Å². The van der Waals surface area contributed by atoms with E-state index in [0.29, 0.717) is 11.5 Å². The second kappa shape index (κ2) is 6.10. The molecule has 0 radical (unpaired) electrons. The second-order valence-electron chi connectivity index (χ2n) is 3.62. The van der Waals surface area contributed by atoms with Crippen LogP contribution in [0.2, 0.25) is 0 Å². The van der Waals surface area contributed by atoms with Crippen LogP contribution in [0.5, 0.6) is 11.5 Å². The summed E-state index contributed by atoms with van der Waals surface area (Å²) in [5.74, 6) is 1.05. The Labute approximate surface area is 101 Å². The number of benzene rings is 1. The van der Waals surface area contributed by atoms with Gasteiger partial charge in [0, 0.05) is 18.0 Å². The first kappa shape index (κ1) is 13.3. The van der Waals surface area contributed by atoms with E-state index in [1.165, 1.54) is 0 Å². The molecule has 1 unspecified atom stereocenters. The van der Waals surface area contributed by atoms with Crippen molar-refractivity contribution < 1.29 is 14.3 Å². The SMILES string of the molecule is CNC(CC(N)=O)c1cc(OC)ccc1OC. The first-order valence-electron chi connectivity index (χ1n) is 5.29. The molecule has 0 saturated carbocycles. The Bertz CT molecular complexity index is 393. The van der Waals surface area contributed by atoms with Gasteiger partial charge in [0.15, 0.2) is 0 Å². The van der Waals surface area contributed by atoms with Crippen LogP contribution in [0.1, 0.15) is 18.0 Å². The number of nitrogens with one attached hydrogen (secondary N) is 1. The summed E-state index contributed by atoms with van der Waals surface area (Å²) in [4.78, 5) is 11.0. The number of rotatable bonds is 6. The normalized spacial score (nSPS) is 11.9. The van der Waals surface area contributed by atoms with Gasteiger partial charge in [-0.1, -0.05) is 0 Å². The molecular formula is C12H18N2O3. The third-order valence-electron chi connectivity index (χ3n) is 2.57. The van der Waals surface area contributed by atoms with E-state index in [-0.39, 0.29) is 18.4 Å². The average molecular weight is 238 g/mol. The molecule has 0 aliphatic rings. The second-order valence-corrected chi connectivity index (χ2v) is 3.62. The summed E-state index contributed by atoms with van der Waals surface area (Å²) in [6.45, 7) is 0. The quantitative estimate of drug-likeness (QED) is 0.770.